The number of carboxylic acid groups (broad SMARTS) is 1. The highest BCUT2D eigenvalue weighted by molar-refractivity contribution is 5.67. The lowest BCUT2D eigenvalue weighted by atomic mass is 9.78. The summed E-state index contributed by atoms with van der Waals surface area (Å²) in [7, 11) is 0. The van der Waals surface area contributed by atoms with Crippen LogP contribution in [0.2, 0.25) is 0 Å². The van der Waals surface area contributed by atoms with Gasteiger partial charge in [-0.05, 0) is 43.4 Å². The average molecular weight is 212 g/mol. The zero-order chi connectivity index (χ0) is 10.7. The molecule has 0 aromatic rings. The van der Waals surface area contributed by atoms with Crippen molar-refractivity contribution in [3.05, 3.63) is 0 Å². The molecule has 0 spiro atoms. The molecule has 86 valence electrons. The van der Waals surface area contributed by atoms with Crippen molar-refractivity contribution < 1.29 is 14.6 Å². The summed E-state index contributed by atoms with van der Waals surface area (Å²) >= 11 is 0. The fourth-order valence-corrected chi connectivity index (χ4v) is 3.58. The highest BCUT2D eigenvalue weighted by Gasteiger charge is 2.45. The molecule has 0 radical (unpaired) electrons. The Bertz CT molecular complexity index is 227. The number of fused-ring (bicyclic) bond motifs is 1. The molecule has 2 aliphatic carbocycles. The number of aliphatic carboxylic acids is 1. The van der Waals surface area contributed by atoms with Gasteiger partial charge in [-0.1, -0.05) is 12.8 Å². The molecule has 2 fully saturated rings. The molecule has 0 atom stereocenters. The van der Waals surface area contributed by atoms with Crippen LogP contribution in [0.4, 0.5) is 0 Å². The maximum Gasteiger partial charge on any atom is 0.329 e. The van der Waals surface area contributed by atoms with Gasteiger partial charge in [0.25, 0.3) is 0 Å². The Labute approximate surface area is 90.8 Å². The van der Waals surface area contributed by atoms with E-state index in [0.717, 1.165) is 12.3 Å². The zero-order valence-electron chi connectivity index (χ0n) is 9.21. The minimum absolute atomic E-state index is 0.138. The topological polar surface area (TPSA) is 46.5 Å². The van der Waals surface area contributed by atoms with Crippen LogP contribution in [0.25, 0.3) is 0 Å². The molecule has 1 N–H and O–H groups in total. The molecule has 0 unspecified atom stereocenters. The van der Waals surface area contributed by atoms with E-state index in [2.05, 4.69) is 0 Å². The first-order chi connectivity index (χ1) is 7.23. The molecule has 0 bridgehead atoms. The maximum atomic E-state index is 10.3. The number of rotatable bonds is 5. The van der Waals surface area contributed by atoms with E-state index in [1.54, 1.807) is 0 Å². The Hall–Kier alpha value is -0.570. The van der Waals surface area contributed by atoms with Crippen molar-refractivity contribution in [2.75, 3.05) is 13.2 Å². The highest BCUT2D eigenvalue weighted by atomic mass is 16.5. The van der Waals surface area contributed by atoms with Crippen LogP contribution < -0.4 is 0 Å². The molecule has 0 saturated heterocycles. The molecule has 2 saturated carbocycles. The van der Waals surface area contributed by atoms with Gasteiger partial charge in [-0.15, -0.1) is 0 Å². The second-order valence-corrected chi connectivity index (χ2v) is 5.04. The Kier molecular flexibility index (Phi) is 3.29. The molecule has 3 heteroatoms. The molecule has 0 aliphatic heterocycles. The summed E-state index contributed by atoms with van der Waals surface area (Å²) in [4.78, 5) is 10.3. The summed E-state index contributed by atoms with van der Waals surface area (Å²) < 4.78 is 5.16. The summed E-state index contributed by atoms with van der Waals surface area (Å²) in [6, 6.07) is 0. The summed E-state index contributed by atoms with van der Waals surface area (Å²) in [6.45, 7) is 0.490. The van der Waals surface area contributed by atoms with Gasteiger partial charge in [0.1, 0.15) is 6.61 Å². The van der Waals surface area contributed by atoms with E-state index in [9.17, 15) is 4.79 Å². The lowest BCUT2D eigenvalue weighted by Gasteiger charge is -2.29. The van der Waals surface area contributed by atoms with Gasteiger partial charge in [0.2, 0.25) is 0 Å². The Morgan fingerprint density at radius 3 is 2.60 bits per heavy atom. The Balaban J connectivity index is 1.75. The van der Waals surface area contributed by atoms with Gasteiger partial charge in [0, 0.05) is 6.61 Å². The highest BCUT2D eigenvalue weighted by Crippen LogP contribution is 2.56. The fourth-order valence-electron chi connectivity index (χ4n) is 3.58. The van der Waals surface area contributed by atoms with E-state index in [1.807, 2.05) is 0 Å². The van der Waals surface area contributed by atoms with E-state index >= 15 is 0 Å². The van der Waals surface area contributed by atoms with Gasteiger partial charge in [0.05, 0.1) is 0 Å². The summed E-state index contributed by atoms with van der Waals surface area (Å²) in [6.07, 6.45) is 9.26. The molecular weight excluding hydrogens is 192 g/mol. The summed E-state index contributed by atoms with van der Waals surface area (Å²) in [5.74, 6) is 0.0489. The lowest BCUT2D eigenvalue weighted by Crippen LogP contribution is -2.22. The van der Waals surface area contributed by atoms with Crippen LogP contribution in [0.3, 0.4) is 0 Å². The van der Waals surface area contributed by atoms with Gasteiger partial charge >= 0.3 is 5.97 Å². The second kappa shape index (κ2) is 4.52. The molecule has 0 aromatic heterocycles. The van der Waals surface area contributed by atoms with E-state index in [-0.39, 0.29) is 6.61 Å². The first kappa shape index (κ1) is 10.9. The SMILES string of the molecule is O=C(O)COCCC12CCCC1CCC2. The van der Waals surface area contributed by atoms with Crippen LogP contribution in [0.5, 0.6) is 0 Å². The Morgan fingerprint density at radius 1 is 1.33 bits per heavy atom. The van der Waals surface area contributed by atoms with Crippen LogP contribution in [0, 0.1) is 11.3 Å². The van der Waals surface area contributed by atoms with Crippen molar-refractivity contribution in [2.45, 2.75) is 44.9 Å². The third-order valence-electron chi connectivity index (χ3n) is 4.29. The molecule has 0 amide bonds. The number of ether oxygens (including phenoxy) is 1. The first-order valence-electron chi connectivity index (χ1n) is 6.02. The average Bonchev–Trinajstić information content (AvgIpc) is 2.70. The van der Waals surface area contributed by atoms with E-state index in [0.29, 0.717) is 12.0 Å². The van der Waals surface area contributed by atoms with Crippen molar-refractivity contribution in [2.24, 2.45) is 11.3 Å². The Morgan fingerprint density at radius 2 is 2.00 bits per heavy atom. The first-order valence-corrected chi connectivity index (χ1v) is 6.02. The third-order valence-corrected chi connectivity index (χ3v) is 4.29. The van der Waals surface area contributed by atoms with Gasteiger partial charge in [-0.3, -0.25) is 0 Å². The molecule has 15 heavy (non-hydrogen) atoms. The lowest BCUT2D eigenvalue weighted by molar-refractivity contribution is -0.142. The van der Waals surface area contributed by atoms with Gasteiger partial charge in [-0.25, -0.2) is 4.79 Å². The number of carboxylic acids is 1. The summed E-state index contributed by atoms with van der Waals surface area (Å²) in [5.41, 5.74) is 0.526. The van der Waals surface area contributed by atoms with Gasteiger partial charge in [0.15, 0.2) is 0 Å². The zero-order valence-corrected chi connectivity index (χ0v) is 9.21. The van der Waals surface area contributed by atoms with Crippen molar-refractivity contribution in [3.8, 4) is 0 Å². The normalized spacial score (nSPS) is 34.3. The summed E-state index contributed by atoms with van der Waals surface area (Å²) in [5, 5.41) is 8.47. The van der Waals surface area contributed by atoms with E-state index in [1.165, 1.54) is 38.5 Å². The second-order valence-electron chi connectivity index (χ2n) is 5.04. The quantitative estimate of drug-likeness (QED) is 0.712. The maximum absolute atomic E-state index is 10.3. The van der Waals surface area contributed by atoms with Crippen LogP contribution in [0.15, 0.2) is 0 Å². The fraction of sp³-hybridized carbons (Fsp3) is 0.917. The van der Waals surface area contributed by atoms with Crippen LogP contribution in [-0.2, 0) is 9.53 Å². The number of carbonyl (C=O) groups is 1. The number of hydrogen-bond donors (Lipinski definition) is 1. The van der Waals surface area contributed by atoms with Crippen molar-refractivity contribution in [1.29, 1.82) is 0 Å². The predicted octanol–water partition coefficient (Wildman–Crippen LogP) is 2.45. The van der Waals surface area contributed by atoms with Crippen LogP contribution in [0.1, 0.15) is 44.9 Å². The standard InChI is InChI=1S/C12H20O3/c13-11(14)9-15-8-7-12-5-1-3-10(12)4-2-6-12/h10H,1-9H2,(H,13,14). The molecule has 2 rings (SSSR count). The van der Waals surface area contributed by atoms with Gasteiger partial charge in [-0.2, -0.15) is 0 Å². The molecule has 0 aromatic carbocycles. The molecule has 0 heterocycles. The van der Waals surface area contributed by atoms with Crippen molar-refractivity contribution in [3.63, 3.8) is 0 Å². The van der Waals surface area contributed by atoms with Crippen LogP contribution in [-0.4, -0.2) is 24.3 Å². The van der Waals surface area contributed by atoms with Gasteiger partial charge < -0.3 is 9.84 Å². The van der Waals surface area contributed by atoms with Crippen LogP contribution >= 0.6 is 0 Å². The minimum Gasteiger partial charge on any atom is -0.480 e. The van der Waals surface area contributed by atoms with Crippen molar-refractivity contribution >= 4 is 5.97 Å². The van der Waals surface area contributed by atoms with E-state index < -0.39 is 5.97 Å². The van der Waals surface area contributed by atoms with Crippen molar-refractivity contribution in [1.82, 2.24) is 0 Å². The number of hydrogen-bond acceptors (Lipinski definition) is 2. The minimum atomic E-state index is -0.859. The molecule has 3 nitrogen and oxygen atoms in total. The molecular formula is C12H20O3. The predicted molar refractivity (Wildman–Crippen MR) is 56.7 cm³/mol. The monoisotopic (exact) mass is 212 g/mol. The van der Waals surface area contributed by atoms with E-state index in [4.69, 9.17) is 9.84 Å². The largest absolute Gasteiger partial charge is 0.480 e. The molecule has 2 aliphatic rings. The third kappa shape index (κ3) is 2.33. The smallest absolute Gasteiger partial charge is 0.329 e.